The molecule has 1 unspecified atom stereocenters. The van der Waals surface area contributed by atoms with E-state index in [9.17, 15) is 8.42 Å². The van der Waals surface area contributed by atoms with E-state index in [1.807, 2.05) is 6.92 Å². The molecule has 0 amide bonds. The van der Waals surface area contributed by atoms with Crippen molar-refractivity contribution in [2.45, 2.75) is 37.8 Å². The van der Waals surface area contributed by atoms with Crippen molar-refractivity contribution in [2.75, 3.05) is 6.54 Å². The Morgan fingerprint density at radius 1 is 1.59 bits per heavy atom. The normalized spacial score (nSPS) is 13.9. The maximum Gasteiger partial charge on any atom is 0.259 e. The van der Waals surface area contributed by atoms with E-state index in [0.717, 1.165) is 6.42 Å². The zero-order chi connectivity index (χ0) is 13.1. The second-order valence-electron chi connectivity index (χ2n) is 4.09. The van der Waals surface area contributed by atoms with Crippen molar-refractivity contribution in [3.05, 3.63) is 12.0 Å². The molecule has 0 aliphatic carbocycles. The molecule has 6 nitrogen and oxygen atoms in total. The van der Waals surface area contributed by atoms with E-state index in [1.165, 1.54) is 6.20 Å². The van der Waals surface area contributed by atoms with Gasteiger partial charge < -0.3 is 10.3 Å². The Kier molecular flexibility index (Phi) is 4.67. The summed E-state index contributed by atoms with van der Waals surface area (Å²) in [6.45, 7) is 4.07. The van der Waals surface area contributed by atoms with Crippen LogP contribution in [-0.4, -0.2) is 30.6 Å². The number of aryl methyl sites for hydroxylation is 2. The smallest absolute Gasteiger partial charge is 0.259 e. The van der Waals surface area contributed by atoms with Gasteiger partial charge in [0, 0.05) is 25.8 Å². The highest BCUT2D eigenvalue weighted by molar-refractivity contribution is 7.89. The molecule has 0 aliphatic heterocycles. The van der Waals surface area contributed by atoms with Crippen LogP contribution in [0.2, 0.25) is 0 Å². The molecule has 0 saturated heterocycles. The van der Waals surface area contributed by atoms with E-state index in [0.29, 0.717) is 18.8 Å². The number of nitrogens with zero attached hydrogens (tertiary/aromatic N) is 2. The van der Waals surface area contributed by atoms with Crippen LogP contribution < -0.4 is 10.5 Å². The van der Waals surface area contributed by atoms with Gasteiger partial charge in [-0.15, -0.1) is 0 Å². The zero-order valence-corrected chi connectivity index (χ0v) is 11.3. The first-order chi connectivity index (χ1) is 7.86. The molecule has 1 heterocycles. The van der Waals surface area contributed by atoms with Crippen LogP contribution in [0.5, 0.6) is 0 Å². The van der Waals surface area contributed by atoms with Crippen molar-refractivity contribution in [3.63, 3.8) is 0 Å². The van der Waals surface area contributed by atoms with Gasteiger partial charge in [-0.3, -0.25) is 0 Å². The maximum absolute atomic E-state index is 11.8. The molecule has 98 valence electrons. The number of rotatable bonds is 6. The van der Waals surface area contributed by atoms with E-state index < -0.39 is 10.0 Å². The van der Waals surface area contributed by atoms with Crippen molar-refractivity contribution >= 4 is 10.0 Å². The van der Waals surface area contributed by atoms with Gasteiger partial charge in [-0.1, -0.05) is 6.92 Å². The van der Waals surface area contributed by atoms with E-state index in [1.54, 1.807) is 18.5 Å². The van der Waals surface area contributed by atoms with Crippen LogP contribution in [0.3, 0.4) is 0 Å². The molecule has 0 spiro atoms. The molecule has 0 radical (unpaired) electrons. The Morgan fingerprint density at radius 3 is 2.71 bits per heavy atom. The minimum Gasteiger partial charge on any atom is -0.337 e. The Morgan fingerprint density at radius 2 is 2.24 bits per heavy atom. The molecule has 0 aromatic carbocycles. The SMILES string of the molecule is CCC(N)CCNS(=O)(=O)c1cn(C)c(C)n1. The lowest BCUT2D eigenvalue weighted by atomic mass is 10.2. The predicted octanol–water partition coefficient (Wildman–Crippen LogP) is 0.134. The van der Waals surface area contributed by atoms with Gasteiger partial charge in [-0.2, -0.15) is 0 Å². The molecule has 0 saturated carbocycles. The van der Waals surface area contributed by atoms with E-state index in [-0.39, 0.29) is 11.1 Å². The van der Waals surface area contributed by atoms with Gasteiger partial charge in [-0.05, 0) is 19.8 Å². The standard InChI is InChI=1S/C10H20N4O2S/c1-4-9(11)5-6-12-17(15,16)10-7-14(3)8(2)13-10/h7,9,12H,4-6,11H2,1-3H3. The number of hydrogen-bond acceptors (Lipinski definition) is 4. The summed E-state index contributed by atoms with van der Waals surface area (Å²) in [5, 5.41) is 0.0579. The number of sulfonamides is 1. The first-order valence-corrected chi connectivity index (χ1v) is 7.10. The molecule has 0 fully saturated rings. The third-order valence-corrected chi connectivity index (χ3v) is 4.02. The topological polar surface area (TPSA) is 90.0 Å². The third-order valence-electron chi connectivity index (χ3n) is 2.69. The lowest BCUT2D eigenvalue weighted by Gasteiger charge is -2.08. The monoisotopic (exact) mass is 260 g/mol. The molecule has 1 atom stereocenters. The van der Waals surface area contributed by atoms with Gasteiger partial charge in [0.05, 0.1) is 0 Å². The molecular weight excluding hydrogens is 240 g/mol. The molecule has 3 N–H and O–H groups in total. The molecule has 1 rings (SSSR count). The zero-order valence-electron chi connectivity index (χ0n) is 10.5. The molecule has 17 heavy (non-hydrogen) atoms. The fourth-order valence-corrected chi connectivity index (χ4v) is 2.40. The van der Waals surface area contributed by atoms with Crippen molar-refractivity contribution in [2.24, 2.45) is 12.8 Å². The lowest BCUT2D eigenvalue weighted by Crippen LogP contribution is -2.30. The van der Waals surface area contributed by atoms with E-state index in [4.69, 9.17) is 5.73 Å². The summed E-state index contributed by atoms with van der Waals surface area (Å²) in [6.07, 6.45) is 2.96. The van der Waals surface area contributed by atoms with E-state index >= 15 is 0 Å². The molecule has 1 aromatic heterocycles. The summed E-state index contributed by atoms with van der Waals surface area (Å²) in [7, 11) is -1.75. The fourth-order valence-electron chi connectivity index (χ4n) is 1.31. The highest BCUT2D eigenvalue weighted by atomic mass is 32.2. The summed E-state index contributed by atoms with van der Waals surface area (Å²) in [6, 6.07) is 0.0307. The largest absolute Gasteiger partial charge is 0.337 e. The number of imidazole rings is 1. The number of aromatic nitrogens is 2. The maximum atomic E-state index is 11.8. The highest BCUT2D eigenvalue weighted by Crippen LogP contribution is 2.07. The van der Waals surface area contributed by atoms with Crippen molar-refractivity contribution in [1.82, 2.24) is 14.3 Å². The number of nitrogens with two attached hydrogens (primary N) is 1. The summed E-state index contributed by atoms with van der Waals surface area (Å²) in [5.41, 5.74) is 5.71. The van der Waals surface area contributed by atoms with Crippen molar-refractivity contribution in [1.29, 1.82) is 0 Å². The fraction of sp³-hybridized carbons (Fsp3) is 0.700. The van der Waals surface area contributed by atoms with Crippen molar-refractivity contribution in [3.8, 4) is 0 Å². The van der Waals surface area contributed by atoms with Gasteiger partial charge in [0.1, 0.15) is 5.82 Å². The summed E-state index contributed by atoms with van der Waals surface area (Å²) >= 11 is 0. The summed E-state index contributed by atoms with van der Waals surface area (Å²) in [5.74, 6) is 0.663. The first-order valence-electron chi connectivity index (χ1n) is 5.62. The van der Waals surface area contributed by atoms with Crippen LogP contribution in [0.25, 0.3) is 0 Å². The Hall–Kier alpha value is -0.920. The molecule has 1 aromatic rings. The molecule has 0 bridgehead atoms. The Labute approximate surface area is 102 Å². The second kappa shape index (κ2) is 5.61. The van der Waals surface area contributed by atoms with Gasteiger partial charge in [0.15, 0.2) is 5.03 Å². The van der Waals surface area contributed by atoms with Crippen LogP contribution in [0.1, 0.15) is 25.6 Å². The summed E-state index contributed by atoms with van der Waals surface area (Å²) < 4.78 is 27.8. The highest BCUT2D eigenvalue weighted by Gasteiger charge is 2.17. The van der Waals surface area contributed by atoms with Crippen LogP contribution in [0.15, 0.2) is 11.2 Å². The number of nitrogens with one attached hydrogen (secondary N) is 1. The predicted molar refractivity (Wildman–Crippen MR) is 66.0 cm³/mol. The summed E-state index contributed by atoms with van der Waals surface area (Å²) in [4.78, 5) is 3.98. The van der Waals surface area contributed by atoms with Crippen LogP contribution in [-0.2, 0) is 17.1 Å². The van der Waals surface area contributed by atoms with E-state index in [2.05, 4.69) is 9.71 Å². The minimum atomic E-state index is -3.50. The van der Waals surface area contributed by atoms with Crippen LogP contribution >= 0.6 is 0 Å². The molecule has 0 aliphatic rings. The minimum absolute atomic E-state index is 0.0307. The average molecular weight is 260 g/mol. The van der Waals surface area contributed by atoms with Gasteiger partial charge in [0.2, 0.25) is 0 Å². The van der Waals surface area contributed by atoms with Crippen LogP contribution in [0, 0.1) is 6.92 Å². The van der Waals surface area contributed by atoms with Crippen molar-refractivity contribution < 1.29 is 8.42 Å². The molecule has 7 heteroatoms. The first kappa shape index (κ1) is 14.1. The van der Waals surface area contributed by atoms with Gasteiger partial charge >= 0.3 is 0 Å². The Balaban J connectivity index is 2.63. The lowest BCUT2D eigenvalue weighted by molar-refractivity contribution is 0.555. The Bertz CT molecular complexity index is 447. The third kappa shape index (κ3) is 3.79. The molecular formula is C10H20N4O2S. The van der Waals surface area contributed by atoms with Gasteiger partial charge in [-0.25, -0.2) is 18.1 Å². The second-order valence-corrected chi connectivity index (χ2v) is 5.81. The number of hydrogen-bond donors (Lipinski definition) is 2. The van der Waals surface area contributed by atoms with Crippen LogP contribution in [0.4, 0.5) is 0 Å². The quantitative estimate of drug-likeness (QED) is 0.761. The average Bonchev–Trinajstić information content (AvgIpc) is 2.59. The van der Waals surface area contributed by atoms with Gasteiger partial charge in [0.25, 0.3) is 10.0 Å².